The van der Waals surface area contributed by atoms with Crippen molar-refractivity contribution in [3.8, 4) is 5.75 Å². The Hall–Kier alpha value is -1.81. The average molecular weight is 334 g/mol. The summed E-state index contributed by atoms with van der Waals surface area (Å²) < 4.78 is 5.79. The van der Waals surface area contributed by atoms with Crippen LogP contribution >= 0.6 is 15.9 Å². The van der Waals surface area contributed by atoms with Gasteiger partial charge in [-0.2, -0.15) is 0 Å². The lowest BCUT2D eigenvalue weighted by Crippen LogP contribution is -2.13. The van der Waals surface area contributed by atoms with Crippen LogP contribution in [-0.2, 0) is 10.2 Å². The van der Waals surface area contributed by atoms with Crippen LogP contribution in [0.2, 0.25) is 0 Å². The summed E-state index contributed by atoms with van der Waals surface area (Å²) in [5.41, 5.74) is 2.93. The highest BCUT2D eigenvalue weighted by molar-refractivity contribution is 9.08. The number of halogens is 1. The molecule has 0 radical (unpaired) electrons. The summed E-state index contributed by atoms with van der Waals surface area (Å²) in [5, 5.41) is 4.84. The number of rotatable bonds is 6. The van der Waals surface area contributed by atoms with E-state index in [9.17, 15) is 0 Å². The summed E-state index contributed by atoms with van der Waals surface area (Å²) in [4.78, 5) is 4.89. The van der Waals surface area contributed by atoms with Crippen LogP contribution in [0.1, 0.15) is 11.1 Å². The number of hydrogen-bond acceptors (Lipinski definition) is 3. The van der Waals surface area contributed by atoms with Crippen molar-refractivity contribution in [1.82, 2.24) is 0 Å². The van der Waals surface area contributed by atoms with Gasteiger partial charge in [-0.3, -0.25) is 0 Å². The number of ether oxygens (including phenoxy) is 1. The molecule has 0 fully saturated rings. The number of hydrogen-bond donors (Lipinski definition) is 0. The molecule has 0 saturated heterocycles. The van der Waals surface area contributed by atoms with Gasteiger partial charge in [0.25, 0.3) is 0 Å². The van der Waals surface area contributed by atoms with Gasteiger partial charge in [-0.25, -0.2) is 0 Å². The van der Waals surface area contributed by atoms with Crippen LogP contribution in [0, 0.1) is 0 Å². The topological polar surface area (TPSA) is 30.8 Å². The number of nitrogens with zero attached hydrogens (tertiary/aromatic N) is 1. The highest BCUT2D eigenvalue weighted by Crippen LogP contribution is 2.16. The van der Waals surface area contributed by atoms with Crippen LogP contribution in [-0.4, -0.2) is 19.4 Å². The summed E-state index contributed by atoms with van der Waals surface area (Å²) in [6.45, 7) is 0.365. The number of alkyl halides is 1. The Labute approximate surface area is 127 Å². The van der Waals surface area contributed by atoms with Gasteiger partial charge in [0.2, 0.25) is 0 Å². The van der Waals surface area contributed by atoms with E-state index in [1.807, 2.05) is 54.6 Å². The molecule has 2 aromatic carbocycles. The molecule has 0 amide bonds. The number of benzene rings is 2. The molecule has 104 valence electrons. The Morgan fingerprint density at radius 1 is 1.10 bits per heavy atom. The molecule has 0 unspecified atom stereocenters. The molecule has 20 heavy (non-hydrogen) atoms. The van der Waals surface area contributed by atoms with E-state index in [-0.39, 0.29) is 0 Å². The van der Waals surface area contributed by atoms with Crippen LogP contribution in [0.5, 0.6) is 5.75 Å². The fraction of sp³-hybridized carbons (Fsp3) is 0.188. The fourth-order valence-electron chi connectivity index (χ4n) is 1.77. The van der Waals surface area contributed by atoms with Gasteiger partial charge in [-0.15, -0.1) is 0 Å². The van der Waals surface area contributed by atoms with Crippen LogP contribution in [0.25, 0.3) is 0 Å². The fourth-order valence-corrected chi connectivity index (χ4v) is 2.12. The zero-order valence-electron chi connectivity index (χ0n) is 11.3. The third-order valence-corrected chi connectivity index (χ3v) is 3.38. The maximum Gasteiger partial charge on any atom is 0.134 e. The van der Waals surface area contributed by atoms with Gasteiger partial charge in [0.05, 0.1) is 0 Å². The molecule has 0 aliphatic heterocycles. The van der Waals surface area contributed by atoms with Crippen LogP contribution in [0.4, 0.5) is 0 Å². The standard InChI is InChI=1S/C16H16BrNO2/c1-19-18-16(14-7-3-2-4-8-14)12-20-15-9-5-6-13(10-15)11-17/h2-10H,11-12H2,1H3/b18-16+. The second-order valence-corrected chi connectivity index (χ2v) is 4.72. The maximum absolute atomic E-state index is 5.79. The van der Waals surface area contributed by atoms with Gasteiger partial charge >= 0.3 is 0 Å². The molecule has 0 bridgehead atoms. The van der Waals surface area contributed by atoms with Gasteiger partial charge in [0.1, 0.15) is 25.2 Å². The highest BCUT2D eigenvalue weighted by atomic mass is 79.9. The van der Waals surface area contributed by atoms with E-state index in [1.54, 1.807) is 0 Å². The lowest BCUT2D eigenvalue weighted by atomic mass is 10.1. The van der Waals surface area contributed by atoms with Gasteiger partial charge in [0, 0.05) is 10.9 Å². The minimum absolute atomic E-state index is 0.365. The third-order valence-electron chi connectivity index (χ3n) is 2.74. The predicted molar refractivity (Wildman–Crippen MR) is 84.6 cm³/mol. The van der Waals surface area contributed by atoms with E-state index in [4.69, 9.17) is 9.57 Å². The molecule has 0 saturated carbocycles. The van der Waals surface area contributed by atoms with Crippen molar-refractivity contribution in [3.05, 3.63) is 65.7 Å². The summed E-state index contributed by atoms with van der Waals surface area (Å²) >= 11 is 3.43. The minimum Gasteiger partial charge on any atom is -0.487 e. The molecular formula is C16H16BrNO2. The summed E-state index contributed by atoms with van der Waals surface area (Å²) in [6, 6.07) is 17.8. The first-order chi connectivity index (χ1) is 9.83. The quantitative estimate of drug-likeness (QED) is 0.454. The smallest absolute Gasteiger partial charge is 0.134 e. The molecule has 0 aliphatic rings. The van der Waals surface area contributed by atoms with Gasteiger partial charge in [-0.1, -0.05) is 63.6 Å². The molecule has 0 N–H and O–H groups in total. The van der Waals surface area contributed by atoms with Crippen molar-refractivity contribution in [3.63, 3.8) is 0 Å². The van der Waals surface area contributed by atoms with E-state index in [0.717, 1.165) is 22.4 Å². The van der Waals surface area contributed by atoms with E-state index >= 15 is 0 Å². The van der Waals surface area contributed by atoms with Crippen molar-refractivity contribution in [2.75, 3.05) is 13.7 Å². The lowest BCUT2D eigenvalue weighted by Gasteiger charge is -2.09. The van der Waals surface area contributed by atoms with Crippen molar-refractivity contribution in [2.45, 2.75) is 5.33 Å². The maximum atomic E-state index is 5.79. The highest BCUT2D eigenvalue weighted by Gasteiger charge is 2.06. The normalized spacial score (nSPS) is 11.2. The molecule has 0 aromatic heterocycles. The molecule has 0 spiro atoms. The predicted octanol–water partition coefficient (Wildman–Crippen LogP) is 4.01. The summed E-state index contributed by atoms with van der Waals surface area (Å²) in [6.07, 6.45) is 0. The Morgan fingerprint density at radius 2 is 1.90 bits per heavy atom. The average Bonchev–Trinajstić information content (AvgIpc) is 2.52. The summed E-state index contributed by atoms with van der Waals surface area (Å²) in [5.74, 6) is 0.821. The molecule has 2 aromatic rings. The SMILES string of the molecule is CO/N=C(\COc1cccc(CBr)c1)c1ccccc1. The van der Waals surface area contributed by atoms with E-state index in [2.05, 4.69) is 21.1 Å². The van der Waals surface area contributed by atoms with Crippen molar-refractivity contribution >= 4 is 21.6 Å². The monoisotopic (exact) mass is 333 g/mol. The van der Waals surface area contributed by atoms with Crippen molar-refractivity contribution < 1.29 is 9.57 Å². The first-order valence-corrected chi connectivity index (χ1v) is 7.39. The third kappa shape index (κ3) is 4.10. The van der Waals surface area contributed by atoms with Crippen LogP contribution in [0.3, 0.4) is 0 Å². The Kier molecular flexibility index (Phi) is 5.62. The molecule has 0 atom stereocenters. The first-order valence-electron chi connectivity index (χ1n) is 6.26. The van der Waals surface area contributed by atoms with E-state index < -0.39 is 0 Å². The Balaban J connectivity index is 2.08. The molecule has 0 heterocycles. The van der Waals surface area contributed by atoms with E-state index in [0.29, 0.717) is 6.61 Å². The molecule has 4 heteroatoms. The Bertz CT molecular complexity index is 570. The van der Waals surface area contributed by atoms with Gasteiger partial charge < -0.3 is 9.57 Å². The lowest BCUT2D eigenvalue weighted by molar-refractivity contribution is 0.210. The van der Waals surface area contributed by atoms with Crippen LogP contribution in [0.15, 0.2) is 59.8 Å². The molecular weight excluding hydrogens is 318 g/mol. The van der Waals surface area contributed by atoms with Crippen molar-refractivity contribution in [1.29, 1.82) is 0 Å². The van der Waals surface area contributed by atoms with Crippen molar-refractivity contribution in [2.24, 2.45) is 5.16 Å². The molecule has 3 nitrogen and oxygen atoms in total. The number of oxime groups is 1. The molecule has 0 aliphatic carbocycles. The van der Waals surface area contributed by atoms with E-state index in [1.165, 1.54) is 12.7 Å². The molecule has 2 rings (SSSR count). The zero-order chi connectivity index (χ0) is 14.2. The van der Waals surface area contributed by atoms with Crippen LogP contribution < -0.4 is 4.74 Å². The van der Waals surface area contributed by atoms with Gasteiger partial charge in [0.15, 0.2) is 0 Å². The first kappa shape index (κ1) is 14.6. The van der Waals surface area contributed by atoms with Gasteiger partial charge in [-0.05, 0) is 17.7 Å². The second kappa shape index (κ2) is 7.70. The Morgan fingerprint density at radius 3 is 2.60 bits per heavy atom. The largest absolute Gasteiger partial charge is 0.487 e. The summed E-state index contributed by atoms with van der Waals surface area (Å²) in [7, 11) is 1.54. The zero-order valence-corrected chi connectivity index (χ0v) is 12.8. The minimum atomic E-state index is 0.365. The second-order valence-electron chi connectivity index (χ2n) is 4.16.